The largest absolute Gasteiger partial charge is 0.464 e. The number of anilines is 1. The van der Waals surface area contributed by atoms with E-state index < -0.39 is 12.0 Å². The fourth-order valence-corrected chi connectivity index (χ4v) is 1.88. The third-order valence-electron chi connectivity index (χ3n) is 1.93. The van der Waals surface area contributed by atoms with Gasteiger partial charge in [-0.25, -0.2) is 9.78 Å². The zero-order chi connectivity index (χ0) is 12.8. The van der Waals surface area contributed by atoms with Crippen molar-refractivity contribution in [2.24, 2.45) is 0 Å². The molecule has 1 rings (SSSR count). The average Bonchev–Trinajstić information content (AvgIpc) is 2.63. The van der Waals surface area contributed by atoms with Crippen molar-refractivity contribution in [1.82, 2.24) is 10.3 Å². The van der Waals surface area contributed by atoms with Crippen LogP contribution in [0.2, 0.25) is 0 Å². The number of hydrogen-bond donors (Lipinski definition) is 2. The number of thiazole rings is 1. The van der Waals surface area contributed by atoms with Crippen LogP contribution >= 0.6 is 11.3 Å². The summed E-state index contributed by atoms with van der Waals surface area (Å²) in [5.74, 6) is -0.750. The summed E-state index contributed by atoms with van der Waals surface area (Å²) in [5.41, 5.74) is 6.16. The van der Waals surface area contributed by atoms with Crippen molar-refractivity contribution in [3.05, 3.63) is 11.1 Å². The van der Waals surface area contributed by atoms with Crippen molar-refractivity contribution in [2.45, 2.75) is 26.3 Å². The van der Waals surface area contributed by atoms with Gasteiger partial charge < -0.3 is 15.8 Å². The fraction of sp³-hybridized carbons (Fsp3) is 0.500. The topological polar surface area (TPSA) is 94.3 Å². The molecule has 3 N–H and O–H groups in total. The lowest BCUT2D eigenvalue weighted by atomic mass is 10.1. The predicted molar refractivity (Wildman–Crippen MR) is 64.5 cm³/mol. The number of rotatable bonds is 5. The molecule has 17 heavy (non-hydrogen) atoms. The van der Waals surface area contributed by atoms with Crippen molar-refractivity contribution in [2.75, 3.05) is 12.3 Å². The van der Waals surface area contributed by atoms with Gasteiger partial charge in [-0.05, 0) is 6.92 Å². The third kappa shape index (κ3) is 4.39. The second kappa shape index (κ2) is 6.19. The maximum Gasteiger partial charge on any atom is 0.329 e. The summed E-state index contributed by atoms with van der Waals surface area (Å²) in [6.07, 6.45) is 0.284. The second-order valence-electron chi connectivity index (χ2n) is 3.39. The summed E-state index contributed by atoms with van der Waals surface area (Å²) in [6.45, 7) is 3.33. The number of carbonyl (C=O) groups is 2. The summed E-state index contributed by atoms with van der Waals surface area (Å²) in [7, 11) is 0. The normalized spacial score (nSPS) is 11.9. The molecule has 1 aromatic heterocycles. The number of aromatic nitrogens is 1. The van der Waals surface area contributed by atoms with E-state index in [0.29, 0.717) is 10.8 Å². The van der Waals surface area contributed by atoms with E-state index >= 15 is 0 Å². The van der Waals surface area contributed by atoms with Crippen molar-refractivity contribution < 1.29 is 14.3 Å². The molecule has 0 aliphatic carbocycles. The molecule has 0 saturated carbocycles. The summed E-state index contributed by atoms with van der Waals surface area (Å²) in [5, 5.41) is 4.72. The molecule has 0 aromatic carbocycles. The Kier molecular flexibility index (Phi) is 4.89. The molecule has 1 unspecified atom stereocenters. The van der Waals surface area contributed by atoms with Crippen LogP contribution in [0.1, 0.15) is 19.5 Å². The molecule has 6 nitrogen and oxygen atoms in total. The van der Waals surface area contributed by atoms with Crippen molar-refractivity contribution in [1.29, 1.82) is 0 Å². The first-order chi connectivity index (χ1) is 8.02. The lowest BCUT2D eigenvalue weighted by Crippen LogP contribution is -2.42. The van der Waals surface area contributed by atoms with E-state index in [1.54, 1.807) is 12.3 Å². The summed E-state index contributed by atoms with van der Waals surface area (Å²) < 4.78 is 4.87. The van der Waals surface area contributed by atoms with Crippen molar-refractivity contribution in [3.63, 3.8) is 0 Å². The minimum atomic E-state index is -0.714. The number of nitrogens with one attached hydrogen (secondary N) is 1. The molecule has 1 atom stereocenters. The lowest BCUT2D eigenvalue weighted by Gasteiger charge is -2.14. The average molecular weight is 257 g/mol. The first-order valence-electron chi connectivity index (χ1n) is 5.16. The van der Waals surface area contributed by atoms with E-state index in [2.05, 4.69) is 10.3 Å². The molecule has 7 heteroatoms. The van der Waals surface area contributed by atoms with E-state index in [9.17, 15) is 9.59 Å². The number of carbonyl (C=O) groups excluding carboxylic acids is 2. The van der Waals surface area contributed by atoms with Gasteiger partial charge in [0, 0.05) is 18.7 Å². The number of nitrogen functional groups attached to an aromatic ring is 1. The van der Waals surface area contributed by atoms with Gasteiger partial charge in [0.1, 0.15) is 6.04 Å². The monoisotopic (exact) mass is 257 g/mol. The minimum absolute atomic E-state index is 0.272. The highest BCUT2D eigenvalue weighted by Gasteiger charge is 2.22. The SMILES string of the molecule is CCOC(=O)C(Cc1csc(N)n1)NC(C)=O. The zero-order valence-electron chi connectivity index (χ0n) is 9.73. The Bertz CT molecular complexity index is 405. The first-order valence-corrected chi connectivity index (χ1v) is 6.04. The molecule has 0 aliphatic rings. The number of ether oxygens (including phenoxy) is 1. The Labute approximate surface area is 103 Å². The lowest BCUT2D eigenvalue weighted by molar-refractivity contribution is -0.147. The Hall–Kier alpha value is -1.63. The zero-order valence-corrected chi connectivity index (χ0v) is 10.5. The van der Waals surface area contributed by atoms with Gasteiger partial charge in [0.05, 0.1) is 12.3 Å². The van der Waals surface area contributed by atoms with Crippen LogP contribution < -0.4 is 11.1 Å². The highest BCUT2D eigenvalue weighted by Crippen LogP contribution is 2.13. The Balaban J connectivity index is 2.69. The van der Waals surface area contributed by atoms with Crippen molar-refractivity contribution in [3.8, 4) is 0 Å². The number of amides is 1. The van der Waals surface area contributed by atoms with Crippen LogP contribution in [0, 0.1) is 0 Å². The van der Waals surface area contributed by atoms with E-state index in [0.717, 1.165) is 0 Å². The fourth-order valence-electron chi connectivity index (χ4n) is 1.31. The van der Waals surface area contributed by atoms with Crippen LogP contribution in [0.15, 0.2) is 5.38 Å². The van der Waals surface area contributed by atoms with Gasteiger partial charge in [0.25, 0.3) is 0 Å². The predicted octanol–water partition coefficient (Wildman–Crippen LogP) is 0.336. The van der Waals surface area contributed by atoms with E-state index in [1.807, 2.05) is 0 Å². The van der Waals surface area contributed by atoms with E-state index in [4.69, 9.17) is 10.5 Å². The molecule has 0 saturated heterocycles. The molecule has 1 aromatic rings. The molecule has 0 aliphatic heterocycles. The molecule has 0 fully saturated rings. The Morgan fingerprint density at radius 1 is 1.65 bits per heavy atom. The van der Waals surface area contributed by atoms with Crippen LogP contribution in [-0.2, 0) is 20.7 Å². The van der Waals surface area contributed by atoms with Gasteiger partial charge in [0.2, 0.25) is 5.91 Å². The van der Waals surface area contributed by atoms with E-state index in [1.165, 1.54) is 18.3 Å². The minimum Gasteiger partial charge on any atom is -0.464 e. The van der Waals surface area contributed by atoms with Crippen molar-refractivity contribution >= 4 is 28.3 Å². The number of esters is 1. The quantitative estimate of drug-likeness (QED) is 0.741. The molecule has 1 amide bonds. The van der Waals surface area contributed by atoms with Gasteiger partial charge in [0.15, 0.2) is 5.13 Å². The number of hydrogen-bond acceptors (Lipinski definition) is 6. The maximum absolute atomic E-state index is 11.6. The van der Waals surface area contributed by atoms with Crippen LogP contribution in [0.3, 0.4) is 0 Å². The smallest absolute Gasteiger partial charge is 0.329 e. The van der Waals surface area contributed by atoms with Gasteiger partial charge >= 0.3 is 5.97 Å². The van der Waals surface area contributed by atoms with Crippen LogP contribution in [0.25, 0.3) is 0 Å². The van der Waals surface area contributed by atoms with Crippen LogP contribution in [-0.4, -0.2) is 29.5 Å². The molecular weight excluding hydrogens is 242 g/mol. The standard InChI is InChI=1S/C10H15N3O3S/c1-3-16-9(15)8(12-6(2)14)4-7-5-17-10(11)13-7/h5,8H,3-4H2,1-2H3,(H2,11,13)(H,12,14). The molecule has 1 heterocycles. The van der Waals surface area contributed by atoms with E-state index in [-0.39, 0.29) is 18.9 Å². The Morgan fingerprint density at radius 2 is 2.35 bits per heavy atom. The summed E-state index contributed by atoms with van der Waals surface area (Å²) >= 11 is 1.29. The third-order valence-corrected chi connectivity index (χ3v) is 2.65. The second-order valence-corrected chi connectivity index (χ2v) is 4.28. The van der Waals surface area contributed by atoms with Crippen LogP contribution in [0.5, 0.6) is 0 Å². The highest BCUT2D eigenvalue weighted by molar-refractivity contribution is 7.13. The summed E-state index contributed by atoms with van der Waals surface area (Å²) in [4.78, 5) is 26.6. The molecule has 0 spiro atoms. The molecule has 0 bridgehead atoms. The highest BCUT2D eigenvalue weighted by atomic mass is 32.1. The Morgan fingerprint density at radius 3 is 2.82 bits per heavy atom. The van der Waals surface area contributed by atoms with Gasteiger partial charge in [-0.1, -0.05) is 0 Å². The molecular formula is C10H15N3O3S. The summed E-state index contributed by atoms with van der Waals surface area (Å²) in [6, 6.07) is -0.714. The molecule has 0 radical (unpaired) electrons. The maximum atomic E-state index is 11.6. The van der Waals surface area contributed by atoms with Crippen LogP contribution in [0.4, 0.5) is 5.13 Å². The van der Waals surface area contributed by atoms with Gasteiger partial charge in [-0.2, -0.15) is 0 Å². The number of nitrogens with zero attached hydrogens (tertiary/aromatic N) is 1. The molecule has 94 valence electrons. The first kappa shape index (κ1) is 13.4. The number of nitrogens with two attached hydrogens (primary N) is 1. The van der Waals surface area contributed by atoms with Gasteiger partial charge in [-0.3, -0.25) is 4.79 Å². The van der Waals surface area contributed by atoms with Gasteiger partial charge in [-0.15, -0.1) is 11.3 Å².